The van der Waals surface area contributed by atoms with Gasteiger partial charge in [-0.3, -0.25) is 14.5 Å². The van der Waals surface area contributed by atoms with Crippen LogP contribution in [0, 0.1) is 5.21 Å². The quantitative estimate of drug-likeness (QED) is 0.488. The van der Waals surface area contributed by atoms with Gasteiger partial charge in [-0.25, -0.2) is 0 Å². The molecular weight excluding hydrogens is 208 g/mol. The van der Waals surface area contributed by atoms with Crippen LogP contribution in [0.4, 0.5) is 0 Å². The van der Waals surface area contributed by atoms with E-state index in [9.17, 15) is 14.8 Å². The summed E-state index contributed by atoms with van der Waals surface area (Å²) in [6, 6.07) is 6.55. The van der Waals surface area contributed by atoms with E-state index in [0.717, 1.165) is 0 Å². The number of hydrogen-bond acceptors (Lipinski definition) is 3. The van der Waals surface area contributed by atoms with Gasteiger partial charge in [0.2, 0.25) is 0 Å². The highest BCUT2D eigenvalue weighted by molar-refractivity contribution is 6.21. The first-order valence-electron chi connectivity index (χ1n) is 5.17. The lowest BCUT2D eigenvalue weighted by Crippen LogP contribution is -3.18. The fourth-order valence-corrected chi connectivity index (χ4v) is 2.19. The molecule has 1 aromatic rings. The molecule has 3 rings (SSSR count). The van der Waals surface area contributed by atoms with E-state index in [2.05, 4.69) is 0 Å². The molecule has 1 saturated heterocycles. The number of carbonyl (C=O) groups excluding carboxylic acids is 2. The SMILES string of the molecule is O=C1c2ccccc2C(=O)N1C1C[NH+]([O-])C1. The largest absolute Gasteiger partial charge is 0.634 e. The molecule has 0 radical (unpaired) electrons. The Labute approximate surface area is 91.8 Å². The van der Waals surface area contributed by atoms with Crippen molar-refractivity contribution in [2.45, 2.75) is 6.04 Å². The second kappa shape index (κ2) is 3.13. The number of benzene rings is 1. The molecule has 82 valence electrons. The predicted molar refractivity (Wildman–Crippen MR) is 54.8 cm³/mol. The Morgan fingerprint density at radius 1 is 1.12 bits per heavy atom. The average molecular weight is 218 g/mol. The van der Waals surface area contributed by atoms with Crippen LogP contribution in [0.25, 0.3) is 0 Å². The zero-order valence-corrected chi connectivity index (χ0v) is 8.47. The van der Waals surface area contributed by atoms with E-state index in [1.165, 1.54) is 4.90 Å². The van der Waals surface area contributed by atoms with Gasteiger partial charge in [-0.05, 0) is 12.1 Å². The molecule has 1 N–H and O–H groups in total. The van der Waals surface area contributed by atoms with Crippen LogP contribution >= 0.6 is 0 Å². The molecule has 0 saturated carbocycles. The Bertz CT molecular complexity index is 445. The van der Waals surface area contributed by atoms with E-state index in [-0.39, 0.29) is 22.9 Å². The molecule has 0 aliphatic carbocycles. The van der Waals surface area contributed by atoms with Crippen LogP contribution in [-0.2, 0) is 0 Å². The first kappa shape index (κ1) is 9.50. The molecule has 1 aromatic carbocycles. The maximum atomic E-state index is 11.9. The molecule has 0 spiro atoms. The number of quaternary nitrogens is 1. The van der Waals surface area contributed by atoms with Crippen molar-refractivity contribution < 1.29 is 14.7 Å². The summed E-state index contributed by atoms with van der Waals surface area (Å²) in [6.45, 7) is 0.622. The summed E-state index contributed by atoms with van der Waals surface area (Å²) in [4.78, 5) is 25.1. The summed E-state index contributed by atoms with van der Waals surface area (Å²) >= 11 is 0. The molecule has 2 heterocycles. The molecule has 16 heavy (non-hydrogen) atoms. The summed E-state index contributed by atoms with van der Waals surface area (Å²) < 4.78 is 0. The van der Waals surface area contributed by atoms with Crippen LogP contribution in [-0.4, -0.2) is 35.8 Å². The van der Waals surface area contributed by atoms with Crippen LogP contribution < -0.4 is 5.06 Å². The average Bonchev–Trinajstić information content (AvgIpc) is 2.49. The van der Waals surface area contributed by atoms with Crippen molar-refractivity contribution in [3.05, 3.63) is 40.6 Å². The molecule has 0 atom stereocenters. The molecule has 2 amide bonds. The minimum absolute atomic E-state index is 0.113. The van der Waals surface area contributed by atoms with Gasteiger partial charge in [-0.1, -0.05) is 12.1 Å². The zero-order chi connectivity index (χ0) is 11.3. The topological polar surface area (TPSA) is 64.9 Å². The monoisotopic (exact) mass is 218 g/mol. The first-order chi connectivity index (χ1) is 7.68. The van der Waals surface area contributed by atoms with E-state index < -0.39 is 0 Å². The number of nitrogens with zero attached hydrogens (tertiary/aromatic N) is 1. The zero-order valence-electron chi connectivity index (χ0n) is 8.47. The van der Waals surface area contributed by atoms with Gasteiger partial charge in [-0.2, -0.15) is 0 Å². The predicted octanol–water partition coefficient (Wildman–Crippen LogP) is -0.952. The highest BCUT2D eigenvalue weighted by Crippen LogP contribution is 2.24. The Morgan fingerprint density at radius 3 is 2.06 bits per heavy atom. The van der Waals surface area contributed by atoms with E-state index in [1.54, 1.807) is 24.3 Å². The number of carbonyl (C=O) groups is 2. The highest BCUT2D eigenvalue weighted by atomic mass is 16.5. The van der Waals surface area contributed by atoms with Crippen molar-refractivity contribution in [1.29, 1.82) is 0 Å². The van der Waals surface area contributed by atoms with E-state index in [0.29, 0.717) is 24.2 Å². The standard InChI is InChI=1S/C11H10N2O3/c14-10-8-3-1-2-4-9(8)11(15)13(10)7-5-12(16)6-7/h1-4,7,12H,5-6H2. The van der Waals surface area contributed by atoms with Gasteiger partial charge < -0.3 is 10.3 Å². The molecule has 2 aliphatic rings. The van der Waals surface area contributed by atoms with E-state index in [1.807, 2.05) is 0 Å². The maximum Gasteiger partial charge on any atom is 0.262 e. The number of rotatable bonds is 1. The number of hydroxylamine groups is 2. The summed E-state index contributed by atoms with van der Waals surface area (Å²) in [5.74, 6) is -0.531. The van der Waals surface area contributed by atoms with Crippen LogP contribution in [0.1, 0.15) is 20.7 Å². The molecule has 0 bridgehead atoms. The minimum atomic E-state index is -0.266. The van der Waals surface area contributed by atoms with Gasteiger partial charge in [0.25, 0.3) is 11.8 Å². The van der Waals surface area contributed by atoms with Crippen molar-refractivity contribution in [2.24, 2.45) is 0 Å². The van der Waals surface area contributed by atoms with Crippen LogP contribution in [0.15, 0.2) is 24.3 Å². The minimum Gasteiger partial charge on any atom is -0.634 e. The molecule has 0 unspecified atom stereocenters. The molecule has 1 fully saturated rings. The second-order valence-corrected chi connectivity index (χ2v) is 4.13. The lowest BCUT2D eigenvalue weighted by atomic mass is 10.1. The third kappa shape index (κ3) is 1.12. The van der Waals surface area contributed by atoms with Crippen LogP contribution in [0.2, 0.25) is 0 Å². The number of hydrogen-bond donors (Lipinski definition) is 1. The number of amides is 2. The van der Waals surface area contributed by atoms with Gasteiger partial charge >= 0.3 is 0 Å². The van der Waals surface area contributed by atoms with Gasteiger partial charge in [0.05, 0.1) is 11.1 Å². The van der Waals surface area contributed by atoms with Crippen LogP contribution in [0.5, 0.6) is 0 Å². The molecule has 2 aliphatic heterocycles. The maximum absolute atomic E-state index is 11.9. The van der Waals surface area contributed by atoms with E-state index >= 15 is 0 Å². The van der Waals surface area contributed by atoms with Crippen LogP contribution in [0.3, 0.4) is 0 Å². The number of fused-ring (bicyclic) bond motifs is 1. The third-order valence-electron chi connectivity index (χ3n) is 3.12. The Kier molecular flexibility index (Phi) is 1.86. The van der Waals surface area contributed by atoms with Crippen molar-refractivity contribution in [3.63, 3.8) is 0 Å². The van der Waals surface area contributed by atoms with Crippen molar-refractivity contribution in [1.82, 2.24) is 4.90 Å². The summed E-state index contributed by atoms with van der Waals surface area (Å²) in [7, 11) is 0. The van der Waals surface area contributed by atoms with Crippen molar-refractivity contribution >= 4 is 11.8 Å². The molecule has 0 aromatic heterocycles. The molecule has 5 heteroatoms. The van der Waals surface area contributed by atoms with Crippen molar-refractivity contribution in [2.75, 3.05) is 13.1 Å². The van der Waals surface area contributed by atoms with Gasteiger partial charge in [0.1, 0.15) is 19.1 Å². The van der Waals surface area contributed by atoms with E-state index in [4.69, 9.17) is 0 Å². The van der Waals surface area contributed by atoms with Crippen molar-refractivity contribution in [3.8, 4) is 0 Å². The summed E-state index contributed by atoms with van der Waals surface area (Å²) in [6.07, 6.45) is 0. The third-order valence-corrected chi connectivity index (χ3v) is 3.12. The lowest BCUT2D eigenvalue weighted by Gasteiger charge is -2.41. The fourth-order valence-electron chi connectivity index (χ4n) is 2.19. The van der Waals surface area contributed by atoms with Gasteiger partial charge in [0, 0.05) is 0 Å². The molecular formula is C11H10N2O3. The van der Waals surface area contributed by atoms with Gasteiger partial charge in [-0.15, -0.1) is 0 Å². The normalized spacial score (nSPS) is 27.9. The Balaban J connectivity index is 1.96. The fraction of sp³-hybridized carbons (Fsp3) is 0.273. The lowest BCUT2D eigenvalue weighted by molar-refractivity contribution is -0.895. The first-order valence-corrected chi connectivity index (χ1v) is 5.17. The molecule has 5 nitrogen and oxygen atoms in total. The Hall–Kier alpha value is -1.72. The Morgan fingerprint density at radius 2 is 1.62 bits per heavy atom. The highest BCUT2D eigenvalue weighted by Gasteiger charge is 2.44. The van der Waals surface area contributed by atoms with Gasteiger partial charge in [0.15, 0.2) is 0 Å². The second-order valence-electron chi connectivity index (χ2n) is 4.13. The smallest absolute Gasteiger partial charge is 0.262 e. The number of nitrogens with one attached hydrogen (secondary N) is 1. The number of imide groups is 1. The summed E-state index contributed by atoms with van der Waals surface area (Å²) in [5.41, 5.74) is 0.902. The summed E-state index contributed by atoms with van der Waals surface area (Å²) in [5, 5.41) is 11.0.